The first-order valence-corrected chi connectivity index (χ1v) is 5.38. The van der Waals surface area contributed by atoms with E-state index in [0.717, 1.165) is 19.3 Å². The summed E-state index contributed by atoms with van der Waals surface area (Å²) in [5.74, 6) is 0. The maximum absolute atomic E-state index is 11.5. The topological polar surface area (TPSA) is 73.8 Å². The van der Waals surface area contributed by atoms with Crippen molar-refractivity contribution in [3.05, 3.63) is 4.91 Å². The molecule has 1 aliphatic heterocycles. The molecule has 0 aliphatic carbocycles. The molecule has 6 heteroatoms. The number of rotatable bonds is 4. The van der Waals surface area contributed by atoms with Crippen molar-refractivity contribution in [3.63, 3.8) is 0 Å². The molecule has 0 unspecified atom stereocenters. The van der Waals surface area contributed by atoms with E-state index in [1.54, 1.807) is 4.90 Å². The maximum Gasteiger partial charge on any atom is 0.317 e. The standard InChI is InChI=1S/C9H18N4O2/c1-2-5-10-9(14)13-6-3-8(4-7-13)11-12-15/h8H,2-7H2,1H3,(H,10,14)(H,11,15). The molecule has 0 atom stereocenters. The number of likely N-dealkylation sites (tertiary alicyclic amines) is 1. The van der Waals surface area contributed by atoms with Crippen molar-refractivity contribution < 1.29 is 4.79 Å². The van der Waals surface area contributed by atoms with E-state index in [-0.39, 0.29) is 12.1 Å². The Balaban J connectivity index is 2.24. The van der Waals surface area contributed by atoms with E-state index in [0.29, 0.717) is 19.6 Å². The third-order valence-corrected chi connectivity index (χ3v) is 2.54. The minimum absolute atomic E-state index is 0.00522. The van der Waals surface area contributed by atoms with E-state index in [1.165, 1.54) is 0 Å². The highest BCUT2D eigenvalue weighted by molar-refractivity contribution is 5.74. The lowest BCUT2D eigenvalue weighted by Crippen LogP contribution is -2.47. The molecule has 1 fully saturated rings. The van der Waals surface area contributed by atoms with E-state index in [9.17, 15) is 9.70 Å². The summed E-state index contributed by atoms with van der Waals surface area (Å²) in [4.78, 5) is 23.3. The van der Waals surface area contributed by atoms with E-state index >= 15 is 0 Å². The molecule has 2 N–H and O–H groups in total. The number of nitrogens with zero attached hydrogens (tertiary/aromatic N) is 2. The van der Waals surface area contributed by atoms with E-state index in [4.69, 9.17) is 0 Å². The van der Waals surface area contributed by atoms with Gasteiger partial charge in [-0.05, 0) is 19.3 Å². The van der Waals surface area contributed by atoms with E-state index in [1.807, 2.05) is 6.92 Å². The van der Waals surface area contributed by atoms with Crippen LogP contribution in [0.25, 0.3) is 0 Å². The van der Waals surface area contributed by atoms with Crippen LogP contribution in [-0.4, -0.2) is 36.6 Å². The summed E-state index contributed by atoms with van der Waals surface area (Å²) >= 11 is 0. The normalized spacial score (nSPS) is 17.3. The van der Waals surface area contributed by atoms with Crippen molar-refractivity contribution in [1.82, 2.24) is 15.6 Å². The molecular weight excluding hydrogens is 196 g/mol. The van der Waals surface area contributed by atoms with Gasteiger partial charge in [-0.15, -0.1) is 4.91 Å². The smallest absolute Gasteiger partial charge is 0.317 e. The number of nitroso groups, excluding NO2 is 1. The Kier molecular flexibility index (Phi) is 4.86. The molecule has 2 amide bonds. The van der Waals surface area contributed by atoms with Gasteiger partial charge < -0.3 is 10.2 Å². The van der Waals surface area contributed by atoms with Crippen molar-refractivity contribution in [1.29, 1.82) is 0 Å². The largest absolute Gasteiger partial charge is 0.338 e. The lowest BCUT2D eigenvalue weighted by molar-refractivity contribution is 0.177. The molecule has 0 bridgehead atoms. The van der Waals surface area contributed by atoms with Crippen LogP contribution in [-0.2, 0) is 0 Å². The summed E-state index contributed by atoms with van der Waals surface area (Å²) in [7, 11) is 0. The quantitative estimate of drug-likeness (QED) is 0.538. The molecule has 0 radical (unpaired) electrons. The number of urea groups is 1. The van der Waals surface area contributed by atoms with Crippen LogP contribution < -0.4 is 10.7 Å². The monoisotopic (exact) mass is 214 g/mol. The zero-order valence-electron chi connectivity index (χ0n) is 9.03. The van der Waals surface area contributed by atoms with Gasteiger partial charge in [-0.2, -0.15) is 0 Å². The van der Waals surface area contributed by atoms with Gasteiger partial charge in [-0.25, -0.2) is 4.79 Å². The number of carbonyl (C=O) groups excluding carboxylic acids is 1. The zero-order valence-corrected chi connectivity index (χ0v) is 9.03. The highest BCUT2D eigenvalue weighted by Gasteiger charge is 2.22. The number of amides is 2. The minimum atomic E-state index is -0.00522. The fraction of sp³-hybridized carbons (Fsp3) is 0.889. The van der Waals surface area contributed by atoms with Gasteiger partial charge in [-0.3, -0.25) is 5.43 Å². The van der Waals surface area contributed by atoms with Crippen LogP contribution in [0.2, 0.25) is 0 Å². The van der Waals surface area contributed by atoms with Crippen LogP contribution >= 0.6 is 0 Å². The minimum Gasteiger partial charge on any atom is -0.338 e. The van der Waals surface area contributed by atoms with Crippen molar-refractivity contribution in [2.75, 3.05) is 19.6 Å². The van der Waals surface area contributed by atoms with Gasteiger partial charge in [0, 0.05) is 24.9 Å². The summed E-state index contributed by atoms with van der Waals surface area (Å²) in [6, 6.07) is 0.118. The number of hydrogen-bond donors (Lipinski definition) is 2. The van der Waals surface area contributed by atoms with Crippen molar-refractivity contribution in [2.45, 2.75) is 32.2 Å². The second-order valence-electron chi connectivity index (χ2n) is 3.71. The van der Waals surface area contributed by atoms with Crippen LogP contribution in [0.1, 0.15) is 26.2 Å². The van der Waals surface area contributed by atoms with Gasteiger partial charge in [-0.1, -0.05) is 6.92 Å². The van der Waals surface area contributed by atoms with Gasteiger partial charge in [0.2, 0.25) is 0 Å². The molecule has 1 aliphatic rings. The summed E-state index contributed by atoms with van der Waals surface area (Å²) in [6.07, 6.45) is 2.51. The molecule has 1 heterocycles. The van der Waals surface area contributed by atoms with E-state index in [2.05, 4.69) is 16.0 Å². The Morgan fingerprint density at radius 3 is 2.67 bits per heavy atom. The summed E-state index contributed by atoms with van der Waals surface area (Å²) in [5, 5.41) is 5.49. The predicted molar refractivity (Wildman–Crippen MR) is 57.2 cm³/mol. The maximum atomic E-state index is 11.5. The average molecular weight is 214 g/mol. The third kappa shape index (κ3) is 3.73. The van der Waals surface area contributed by atoms with E-state index < -0.39 is 0 Å². The summed E-state index contributed by atoms with van der Waals surface area (Å²) in [6.45, 7) is 4.10. The van der Waals surface area contributed by atoms with Gasteiger partial charge in [0.1, 0.15) is 0 Å². The van der Waals surface area contributed by atoms with Crippen LogP contribution in [0.15, 0.2) is 5.29 Å². The lowest BCUT2D eigenvalue weighted by atomic mass is 10.1. The summed E-state index contributed by atoms with van der Waals surface area (Å²) in [5.41, 5.74) is 2.50. The fourth-order valence-electron chi connectivity index (χ4n) is 1.63. The van der Waals surface area contributed by atoms with Gasteiger partial charge in [0.05, 0.1) is 6.04 Å². The first-order chi connectivity index (χ1) is 7.27. The molecule has 0 aromatic heterocycles. The van der Waals surface area contributed by atoms with Crippen molar-refractivity contribution in [3.8, 4) is 0 Å². The average Bonchev–Trinajstić information content (AvgIpc) is 2.27. The molecule has 6 nitrogen and oxygen atoms in total. The van der Waals surface area contributed by atoms with Crippen molar-refractivity contribution >= 4 is 6.03 Å². The highest BCUT2D eigenvalue weighted by Crippen LogP contribution is 2.10. The Labute approximate surface area is 89.3 Å². The molecule has 0 spiro atoms. The predicted octanol–water partition coefficient (Wildman–Crippen LogP) is 0.841. The van der Waals surface area contributed by atoms with Crippen LogP contribution in [0.3, 0.4) is 0 Å². The number of nitrogens with one attached hydrogen (secondary N) is 2. The Morgan fingerprint density at radius 1 is 1.47 bits per heavy atom. The first kappa shape index (κ1) is 11.7. The molecule has 1 rings (SSSR count). The molecule has 15 heavy (non-hydrogen) atoms. The third-order valence-electron chi connectivity index (χ3n) is 2.54. The molecular formula is C9H18N4O2. The van der Waals surface area contributed by atoms with Crippen LogP contribution in [0.5, 0.6) is 0 Å². The first-order valence-electron chi connectivity index (χ1n) is 5.38. The molecule has 0 saturated carbocycles. The number of carbonyl (C=O) groups is 1. The Morgan fingerprint density at radius 2 is 2.13 bits per heavy atom. The molecule has 0 aromatic rings. The van der Waals surface area contributed by atoms with Crippen molar-refractivity contribution in [2.24, 2.45) is 5.29 Å². The highest BCUT2D eigenvalue weighted by atomic mass is 16.3. The summed E-state index contributed by atoms with van der Waals surface area (Å²) < 4.78 is 0. The number of piperidine rings is 1. The lowest BCUT2D eigenvalue weighted by Gasteiger charge is -2.31. The zero-order chi connectivity index (χ0) is 11.1. The van der Waals surface area contributed by atoms with Crippen LogP contribution in [0, 0.1) is 4.91 Å². The SMILES string of the molecule is CCCNC(=O)N1CCC(NN=O)CC1. The van der Waals surface area contributed by atoms with Crippen LogP contribution in [0.4, 0.5) is 4.79 Å². The molecule has 0 aromatic carbocycles. The Hall–Kier alpha value is -1.33. The van der Waals surface area contributed by atoms with Gasteiger partial charge in [0.25, 0.3) is 0 Å². The Bertz CT molecular complexity index is 214. The molecule has 1 saturated heterocycles. The second kappa shape index (κ2) is 6.21. The van der Waals surface area contributed by atoms with Gasteiger partial charge in [0.15, 0.2) is 0 Å². The molecule has 86 valence electrons. The second-order valence-corrected chi connectivity index (χ2v) is 3.71. The number of hydrogen-bond acceptors (Lipinski definition) is 3. The van der Waals surface area contributed by atoms with Gasteiger partial charge >= 0.3 is 6.03 Å². The fourth-order valence-corrected chi connectivity index (χ4v) is 1.63.